The van der Waals surface area contributed by atoms with Crippen LogP contribution in [0.25, 0.3) is 0 Å². The molecule has 3 nitrogen and oxygen atoms in total. The lowest BCUT2D eigenvalue weighted by molar-refractivity contribution is 0.101. The highest BCUT2D eigenvalue weighted by Gasteiger charge is 2.18. The molecular formula is C10H13NO2S. The minimum atomic E-state index is -0.0270. The van der Waals surface area contributed by atoms with Crippen LogP contribution in [0, 0.1) is 5.92 Å². The number of ketones is 1. The summed E-state index contributed by atoms with van der Waals surface area (Å²) >= 11 is 1.98. The molecule has 14 heavy (non-hydrogen) atoms. The summed E-state index contributed by atoms with van der Waals surface area (Å²) in [6.45, 7) is 1.51. The minimum absolute atomic E-state index is 0.0270. The smallest absolute Gasteiger partial charge is 0.194 e. The molecule has 2 heterocycles. The van der Waals surface area contributed by atoms with Gasteiger partial charge in [0, 0.05) is 13.3 Å². The van der Waals surface area contributed by atoms with Crippen LogP contribution in [0.1, 0.15) is 29.7 Å². The maximum atomic E-state index is 11.0. The third-order valence-corrected chi connectivity index (χ3v) is 3.63. The largest absolute Gasteiger partial charge is 0.448 e. The van der Waals surface area contributed by atoms with Gasteiger partial charge in [0.2, 0.25) is 0 Å². The Balaban J connectivity index is 1.98. The van der Waals surface area contributed by atoms with Crippen molar-refractivity contribution in [3.8, 4) is 0 Å². The Hall–Kier alpha value is -0.770. The third kappa shape index (κ3) is 2.18. The highest BCUT2D eigenvalue weighted by atomic mass is 32.2. The topological polar surface area (TPSA) is 43.1 Å². The summed E-state index contributed by atoms with van der Waals surface area (Å²) in [4.78, 5) is 15.1. The van der Waals surface area contributed by atoms with E-state index in [2.05, 4.69) is 4.98 Å². The van der Waals surface area contributed by atoms with Crippen molar-refractivity contribution in [2.75, 3.05) is 11.5 Å². The summed E-state index contributed by atoms with van der Waals surface area (Å²) in [6.07, 6.45) is 3.57. The predicted molar refractivity (Wildman–Crippen MR) is 55.6 cm³/mol. The Bertz CT molecular complexity index is 329. The van der Waals surface area contributed by atoms with E-state index in [4.69, 9.17) is 4.42 Å². The Morgan fingerprint density at radius 3 is 3.21 bits per heavy atom. The quantitative estimate of drug-likeness (QED) is 0.719. The van der Waals surface area contributed by atoms with Gasteiger partial charge in [0.1, 0.15) is 12.0 Å². The molecule has 0 radical (unpaired) electrons. The highest BCUT2D eigenvalue weighted by molar-refractivity contribution is 7.99. The maximum absolute atomic E-state index is 11.0. The summed E-state index contributed by atoms with van der Waals surface area (Å²) in [6, 6.07) is 0. The van der Waals surface area contributed by atoms with Crippen LogP contribution in [0.2, 0.25) is 0 Å². The molecule has 4 heteroatoms. The second-order valence-electron chi connectivity index (χ2n) is 3.62. The van der Waals surface area contributed by atoms with Gasteiger partial charge in [-0.2, -0.15) is 11.8 Å². The first-order valence-corrected chi connectivity index (χ1v) is 5.94. The first kappa shape index (κ1) is 9.77. The summed E-state index contributed by atoms with van der Waals surface area (Å²) in [5.74, 6) is 3.80. The van der Waals surface area contributed by atoms with Crippen molar-refractivity contribution >= 4 is 17.5 Å². The Labute approximate surface area is 87.3 Å². The standard InChI is InChI=1S/C10H13NO2S/c1-7(12)9-5-13-10(11-9)4-8-2-3-14-6-8/h5,8H,2-4,6H2,1H3. The summed E-state index contributed by atoms with van der Waals surface area (Å²) < 4.78 is 5.25. The fourth-order valence-electron chi connectivity index (χ4n) is 1.56. The zero-order chi connectivity index (χ0) is 9.97. The van der Waals surface area contributed by atoms with Crippen LogP contribution in [0.4, 0.5) is 0 Å². The molecule has 0 aromatic carbocycles. The average Bonchev–Trinajstić information content (AvgIpc) is 2.75. The van der Waals surface area contributed by atoms with Gasteiger partial charge in [0.25, 0.3) is 0 Å². The van der Waals surface area contributed by atoms with E-state index in [0.29, 0.717) is 17.5 Å². The van der Waals surface area contributed by atoms with Gasteiger partial charge in [-0.15, -0.1) is 0 Å². The molecule has 1 atom stereocenters. The van der Waals surface area contributed by atoms with Crippen molar-refractivity contribution in [2.24, 2.45) is 5.92 Å². The number of oxazole rings is 1. The number of Topliss-reactive ketones (excluding diaryl/α,β-unsaturated/α-hetero) is 1. The van der Waals surface area contributed by atoms with Gasteiger partial charge in [-0.3, -0.25) is 4.79 Å². The summed E-state index contributed by atoms with van der Waals surface area (Å²) in [5, 5.41) is 0. The van der Waals surface area contributed by atoms with E-state index < -0.39 is 0 Å². The fourth-order valence-corrected chi connectivity index (χ4v) is 2.84. The predicted octanol–water partition coefficient (Wildman–Crippen LogP) is 2.17. The fraction of sp³-hybridized carbons (Fsp3) is 0.600. The Kier molecular flexibility index (Phi) is 2.91. The van der Waals surface area contributed by atoms with E-state index in [1.54, 1.807) is 0 Å². The normalized spacial score (nSPS) is 21.4. The van der Waals surface area contributed by atoms with Crippen molar-refractivity contribution < 1.29 is 9.21 Å². The molecule has 1 saturated heterocycles. The van der Waals surface area contributed by atoms with E-state index in [9.17, 15) is 4.79 Å². The molecule has 1 aromatic rings. The van der Waals surface area contributed by atoms with E-state index in [1.807, 2.05) is 11.8 Å². The molecular weight excluding hydrogens is 198 g/mol. The molecule has 0 aliphatic carbocycles. The van der Waals surface area contributed by atoms with E-state index >= 15 is 0 Å². The summed E-state index contributed by atoms with van der Waals surface area (Å²) in [7, 11) is 0. The molecule has 0 spiro atoms. The van der Waals surface area contributed by atoms with Crippen LogP contribution in [-0.2, 0) is 6.42 Å². The molecule has 1 aliphatic rings. The van der Waals surface area contributed by atoms with Gasteiger partial charge in [-0.25, -0.2) is 4.98 Å². The van der Waals surface area contributed by atoms with Crippen molar-refractivity contribution in [1.82, 2.24) is 4.98 Å². The zero-order valence-electron chi connectivity index (χ0n) is 8.16. The molecule has 1 fully saturated rings. The van der Waals surface area contributed by atoms with Gasteiger partial charge in [-0.05, 0) is 23.8 Å². The first-order chi connectivity index (χ1) is 6.75. The molecule has 0 amide bonds. The first-order valence-electron chi connectivity index (χ1n) is 4.79. The SMILES string of the molecule is CC(=O)c1coc(CC2CCSC2)n1. The van der Waals surface area contributed by atoms with Gasteiger partial charge in [0.05, 0.1) is 0 Å². The lowest BCUT2D eigenvalue weighted by Crippen LogP contribution is -2.03. The number of rotatable bonds is 3. The number of hydrogen-bond donors (Lipinski definition) is 0. The van der Waals surface area contributed by atoms with Crippen LogP contribution in [0.15, 0.2) is 10.7 Å². The molecule has 0 saturated carbocycles. The number of aromatic nitrogens is 1. The minimum Gasteiger partial charge on any atom is -0.448 e. The number of carbonyl (C=O) groups is 1. The molecule has 2 rings (SSSR count). The van der Waals surface area contributed by atoms with Gasteiger partial charge >= 0.3 is 0 Å². The number of carbonyl (C=O) groups excluding carboxylic acids is 1. The molecule has 1 aromatic heterocycles. The highest BCUT2D eigenvalue weighted by Crippen LogP contribution is 2.26. The lowest BCUT2D eigenvalue weighted by atomic mass is 10.1. The second-order valence-corrected chi connectivity index (χ2v) is 4.77. The maximum Gasteiger partial charge on any atom is 0.194 e. The van der Waals surface area contributed by atoms with Gasteiger partial charge in [0.15, 0.2) is 11.7 Å². The number of thioether (sulfide) groups is 1. The molecule has 1 unspecified atom stereocenters. The van der Waals surface area contributed by atoms with E-state index in [-0.39, 0.29) is 5.78 Å². The van der Waals surface area contributed by atoms with Crippen LogP contribution >= 0.6 is 11.8 Å². The monoisotopic (exact) mass is 211 g/mol. The second kappa shape index (κ2) is 4.17. The van der Waals surface area contributed by atoms with E-state index in [1.165, 1.54) is 31.1 Å². The third-order valence-electron chi connectivity index (χ3n) is 2.40. The van der Waals surface area contributed by atoms with Crippen molar-refractivity contribution in [3.05, 3.63) is 17.8 Å². The average molecular weight is 211 g/mol. The van der Waals surface area contributed by atoms with Crippen molar-refractivity contribution in [1.29, 1.82) is 0 Å². The van der Waals surface area contributed by atoms with Crippen molar-refractivity contribution in [3.63, 3.8) is 0 Å². The zero-order valence-corrected chi connectivity index (χ0v) is 8.97. The van der Waals surface area contributed by atoms with Gasteiger partial charge < -0.3 is 4.42 Å². The van der Waals surface area contributed by atoms with Crippen LogP contribution in [0.3, 0.4) is 0 Å². The van der Waals surface area contributed by atoms with Crippen LogP contribution < -0.4 is 0 Å². The van der Waals surface area contributed by atoms with Crippen molar-refractivity contribution in [2.45, 2.75) is 19.8 Å². The molecule has 76 valence electrons. The lowest BCUT2D eigenvalue weighted by Gasteiger charge is -2.02. The van der Waals surface area contributed by atoms with Crippen LogP contribution in [0.5, 0.6) is 0 Å². The summed E-state index contributed by atoms with van der Waals surface area (Å²) in [5.41, 5.74) is 0.450. The Morgan fingerprint density at radius 1 is 1.79 bits per heavy atom. The van der Waals surface area contributed by atoms with Crippen LogP contribution in [-0.4, -0.2) is 22.3 Å². The van der Waals surface area contributed by atoms with E-state index in [0.717, 1.165) is 6.42 Å². The Morgan fingerprint density at radius 2 is 2.64 bits per heavy atom. The molecule has 0 N–H and O–H groups in total. The molecule has 0 bridgehead atoms. The number of hydrogen-bond acceptors (Lipinski definition) is 4. The molecule has 1 aliphatic heterocycles. The van der Waals surface area contributed by atoms with Gasteiger partial charge in [-0.1, -0.05) is 0 Å². The number of nitrogens with zero attached hydrogens (tertiary/aromatic N) is 1.